The Balaban J connectivity index is 1.70. The molecule has 1 aliphatic heterocycles. The molecule has 0 saturated heterocycles. The third-order valence-electron chi connectivity index (χ3n) is 4.01. The molecule has 0 spiro atoms. The molecule has 1 aliphatic rings. The van der Waals surface area contributed by atoms with Crippen molar-refractivity contribution in [3.63, 3.8) is 0 Å². The summed E-state index contributed by atoms with van der Waals surface area (Å²) in [5.41, 5.74) is 1.75. The summed E-state index contributed by atoms with van der Waals surface area (Å²) in [6.45, 7) is 5.25. The minimum absolute atomic E-state index is 0.0201. The zero-order valence-corrected chi connectivity index (χ0v) is 14.9. The summed E-state index contributed by atoms with van der Waals surface area (Å²) in [5.74, 6) is 0.680. The standard InChI is InChI=1S/C19H20BrNO2/c1-19(2,23-12-14-8-4-3-5-9-14)17-13-22-18(21-17)15-10-6-7-11-16(15)20/h3-11,17H,12-13H2,1-2H3/t17-/m1/s1. The van der Waals surface area contributed by atoms with E-state index in [0.29, 0.717) is 19.1 Å². The monoisotopic (exact) mass is 373 g/mol. The number of benzene rings is 2. The summed E-state index contributed by atoms with van der Waals surface area (Å²) < 4.78 is 12.9. The van der Waals surface area contributed by atoms with Gasteiger partial charge in [0.2, 0.25) is 5.90 Å². The average Bonchev–Trinajstić information content (AvgIpc) is 3.05. The Morgan fingerprint density at radius 3 is 2.57 bits per heavy atom. The molecule has 1 atom stereocenters. The van der Waals surface area contributed by atoms with Crippen molar-refractivity contribution in [2.45, 2.75) is 32.1 Å². The van der Waals surface area contributed by atoms with Crippen LogP contribution in [0.4, 0.5) is 0 Å². The molecule has 0 unspecified atom stereocenters. The maximum absolute atomic E-state index is 6.12. The first-order valence-corrected chi connectivity index (χ1v) is 8.49. The van der Waals surface area contributed by atoms with E-state index in [9.17, 15) is 0 Å². The molecule has 4 heteroatoms. The Morgan fingerprint density at radius 2 is 1.83 bits per heavy atom. The first-order valence-electron chi connectivity index (χ1n) is 7.69. The van der Waals surface area contributed by atoms with Gasteiger partial charge < -0.3 is 9.47 Å². The number of ether oxygens (including phenoxy) is 2. The van der Waals surface area contributed by atoms with Crippen molar-refractivity contribution in [3.8, 4) is 0 Å². The maximum Gasteiger partial charge on any atom is 0.217 e. The summed E-state index contributed by atoms with van der Waals surface area (Å²) in [4.78, 5) is 4.74. The van der Waals surface area contributed by atoms with Gasteiger partial charge in [-0.3, -0.25) is 0 Å². The van der Waals surface area contributed by atoms with Crippen molar-refractivity contribution in [3.05, 3.63) is 70.2 Å². The lowest BCUT2D eigenvalue weighted by Gasteiger charge is -2.28. The molecule has 0 aliphatic carbocycles. The normalized spacial score (nSPS) is 17.7. The van der Waals surface area contributed by atoms with E-state index in [1.54, 1.807) is 0 Å². The summed E-state index contributed by atoms with van der Waals surface area (Å²) in [5, 5.41) is 0. The number of aliphatic imine (C=N–C) groups is 1. The van der Waals surface area contributed by atoms with Crippen LogP contribution in [-0.4, -0.2) is 24.1 Å². The second-order valence-corrected chi connectivity index (χ2v) is 6.97. The molecule has 0 bridgehead atoms. The molecule has 0 aromatic heterocycles. The van der Waals surface area contributed by atoms with Gasteiger partial charge in [-0.15, -0.1) is 0 Å². The second-order valence-electron chi connectivity index (χ2n) is 6.12. The molecule has 3 nitrogen and oxygen atoms in total. The maximum atomic E-state index is 6.12. The van der Waals surface area contributed by atoms with Crippen LogP contribution in [0.1, 0.15) is 25.0 Å². The third-order valence-corrected chi connectivity index (χ3v) is 4.70. The largest absolute Gasteiger partial charge is 0.475 e. The van der Waals surface area contributed by atoms with Crippen LogP contribution in [0.5, 0.6) is 0 Å². The first kappa shape index (κ1) is 16.2. The second kappa shape index (κ2) is 6.85. The van der Waals surface area contributed by atoms with Crippen molar-refractivity contribution in [1.29, 1.82) is 0 Å². The number of hydrogen-bond donors (Lipinski definition) is 0. The van der Waals surface area contributed by atoms with Gasteiger partial charge in [-0.05, 0) is 47.5 Å². The fraction of sp³-hybridized carbons (Fsp3) is 0.316. The predicted octanol–water partition coefficient (Wildman–Crippen LogP) is 4.59. The van der Waals surface area contributed by atoms with Gasteiger partial charge in [0.25, 0.3) is 0 Å². The van der Waals surface area contributed by atoms with E-state index in [-0.39, 0.29) is 6.04 Å². The lowest BCUT2D eigenvalue weighted by molar-refractivity contribution is -0.0499. The van der Waals surface area contributed by atoms with Crippen molar-refractivity contribution in [2.75, 3.05) is 6.61 Å². The van der Waals surface area contributed by atoms with Crippen LogP contribution in [0.15, 0.2) is 64.1 Å². The summed E-state index contributed by atoms with van der Waals surface area (Å²) in [6, 6.07) is 18.1. The van der Waals surface area contributed by atoms with Gasteiger partial charge in [-0.25, -0.2) is 4.99 Å². The molecule has 0 radical (unpaired) electrons. The smallest absolute Gasteiger partial charge is 0.217 e. The summed E-state index contributed by atoms with van der Waals surface area (Å²) in [6.07, 6.45) is 0. The highest BCUT2D eigenvalue weighted by molar-refractivity contribution is 9.10. The van der Waals surface area contributed by atoms with Gasteiger partial charge in [-0.1, -0.05) is 42.5 Å². The van der Waals surface area contributed by atoms with Crippen molar-refractivity contribution in [1.82, 2.24) is 0 Å². The average molecular weight is 374 g/mol. The van der Waals surface area contributed by atoms with Gasteiger partial charge >= 0.3 is 0 Å². The van der Waals surface area contributed by atoms with Crippen LogP contribution in [0, 0.1) is 0 Å². The zero-order valence-electron chi connectivity index (χ0n) is 13.3. The van der Waals surface area contributed by atoms with E-state index in [0.717, 1.165) is 15.6 Å². The molecule has 2 aromatic carbocycles. The van der Waals surface area contributed by atoms with Crippen molar-refractivity contribution in [2.24, 2.45) is 4.99 Å². The molecular formula is C19H20BrNO2. The summed E-state index contributed by atoms with van der Waals surface area (Å²) in [7, 11) is 0. The van der Waals surface area contributed by atoms with Crippen LogP contribution < -0.4 is 0 Å². The predicted molar refractivity (Wildman–Crippen MR) is 95.7 cm³/mol. The van der Waals surface area contributed by atoms with Crippen LogP contribution in [0.2, 0.25) is 0 Å². The SMILES string of the molecule is CC(C)(OCc1ccccc1)[C@H]1COC(c2ccccc2Br)=N1. The van der Waals surface area contributed by atoms with E-state index >= 15 is 0 Å². The highest BCUT2D eigenvalue weighted by atomic mass is 79.9. The Kier molecular flexibility index (Phi) is 4.83. The molecule has 1 heterocycles. The minimum Gasteiger partial charge on any atom is -0.475 e. The van der Waals surface area contributed by atoms with Gasteiger partial charge in [0.1, 0.15) is 12.6 Å². The van der Waals surface area contributed by atoms with E-state index < -0.39 is 5.60 Å². The molecule has 0 fully saturated rings. The molecule has 0 saturated carbocycles. The highest BCUT2D eigenvalue weighted by Crippen LogP contribution is 2.27. The molecule has 0 N–H and O–H groups in total. The van der Waals surface area contributed by atoms with Gasteiger partial charge in [0.05, 0.1) is 17.8 Å². The molecule has 2 aromatic rings. The van der Waals surface area contributed by atoms with E-state index in [1.807, 2.05) is 42.5 Å². The van der Waals surface area contributed by atoms with Crippen LogP contribution >= 0.6 is 15.9 Å². The van der Waals surface area contributed by atoms with Crippen LogP contribution in [-0.2, 0) is 16.1 Å². The van der Waals surface area contributed by atoms with Gasteiger partial charge in [-0.2, -0.15) is 0 Å². The number of halogens is 1. The third kappa shape index (κ3) is 3.82. The minimum atomic E-state index is -0.390. The Morgan fingerprint density at radius 1 is 1.13 bits per heavy atom. The Labute approximate surface area is 145 Å². The van der Waals surface area contributed by atoms with Crippen molar-refractivity contribution < 1.29 is 9.47 Å². The summed E-state index contributed by atoms with van der Waals surface area (Å²) >= 11 is 3.55. The van der Waals surface area contributed by atoms with Crippen LogP contribution in [0.3, 0.4) is 0 Å². The fourth-order valence-corrected chi connectivity index (χ4v) is 2.91. The highest BCUT2D eigenvalue weighted by Gasteiger charge is 2.35. The Bertz CT molecular complexity index is 698. The fourth-order valence-electron chi connectivity index (χ4n) is 2.45. The molecule has 3 rings (SSSR count). The topological polar surface area (TPSA) is 30.8 Å². The van der Waals surface area contributed by atoms with Crippen LogP contribution in [0.25, 0.3) is 0 Å². The first-order chi connectivity index (χ1) is 11.1. The van der Waals surface area contributed by atoms with Gasteiger partial charge in [0.15, 0.2) is 0 Å². The van der Waals surface area contributed by atoms with E-state index in [2.05, 4.69) is 41.9 Å². The van der Waals surface area contributed by atoms with E-state index in [4.69, 9.17) is 14.5 Å². The van der Waals surface area contributed by atoms with Crippen molar-refractivity contribution >= 4 is 21.8 Å². The molecule has 120 valence electrons. The molecule has 23 heavy (non-hydrogen) atoms. The number of nitrogens with zero attached hydrogens (tertiary/aromatic N) is 1. The molecule has 0 amide bonds. The quantitative estimate of drug-likeness (QED) is 0.767. The zero-order chi connectivity index (χ0) is 16.3. The number of rotatable bonds is 5. The molecular weight excluding hydrogens is 354 g/mol. The Hall–Kier alpha value is -1.65. The lowest BCUT2D eigenvalue weighted by Crippen LogP contribution is -2.38. The van der Waals surface area contributed by atoms with E-state index in [1.165, 1.54) is 0 Å². The number of hydrogen-bond acceptors (Lipinski definition) is 3. The van der Waals surface area contributed by atoms with Gasteiger partial charge in [0, 0.05) is 4.47 Å². The lowest BCUT2D eigenvalue weighted by atomic mass is 10.00.